The normalized spacial score (nSPS) is 13.8. The number of nitrogens with zero attached hydrogens (tertiary/aromatic N) is 1. The Balaban J connectivity index is 2.27. The highest BCUT2D eigenvalue weighted by molar-refractivity contribution is 6.33. The monoisotopic (exact) mass is 293 g/mol. The number of halogens is 1. The van der Waals surface area contributed by atoms with Crippen LogP contribution in [-0.2, 0) is 0 Å². The molecular formula is C14H16ClN3O2. The van der Waals surface area contributed by atoms with E-state index in [1.54, 1.807) is 12.1 Å². The molecule has 106 valence electrons. The molecule has 0 bridgehead atoms. The fourth-order valence-corrected chi connectivity index (χ4v) is 2.77. The van der Waals surface area contributed by atoms with Gasteiger partial charge in [0.1, 0.15) is 19.0 Å². The van der Waals surface area contributed by atoms with E-state index in [1.807, 2.05) is 0 Å². The predicted octanol–water partition coefficient (Wildman–Crippen LogP) is 3.21. The van der Waals surface area contributed by atoms with Crippen LogP contribution < -0.4 is 15.2 Å². The highest BCUT2D eigenvalue weighted by Crippen LogP contribution is 2.47. The number of benzene rings is 1. The lowest BCUT2D eigenvalue weighted by atomic mass is 9.93. The van der Waals surface area contributed by atoms with E-state index in [9.17, 15) is 0 Å². The Morgan fingerprint density at radius 2 is 2.05 bits per heavy atom. The Kier molecular flexibility index (Phi) is 3.22. The lowest BCUT2D eigenvalue weighted by Crippen LogP contribution is -2.17. The van der Waals surface area contributed by atoms with Crippen molar-refractivity contribution in [1.29, 1.82) is 0 Å². The molecule has 3 N–H and O–H groups in total. The van der Waals surface area contributed by atoms with Gasteiger partial charge in [0.05, 0.1) is 10.7 Å². The average molecular weight is 294 g/mol. The fraction of sp³-hybridized carbons (Fsp3) is 0.357. The van der Waals surface area contributed by atoms with Gasteiger partial charge >= 0.3 is 0 Å². The molecule has 0 spiro atoms. The minimum Gasteiger partial charge on any atom is -0.486 e. The molecule has 1 aromatic heterocycles. The maximum atomic E-state index is 6.43. The van der Waals surface area contributed by atoms with Crippen LogP contribution in [-0.4, -0.2) is 23.4 Å². The highest BCUT2D eigenvalue weighted by atomic mass is 35.5. The number of fused-ring (bicyclic) bond motifs is 1. The van der Waals surface area contributed by atoms with Crippen molar-refractivity contribution in [2.45, 2.75) is 19.8 Å². The molecule has 0 unspecified atom stereocenters. The zero-order valence-corrected chi connectivity index (χ0v) is 12.1. The smallest absolute Gasteiger partial charge is 0.165 e. The third-order valence-corrected chi connectivity index (χ3v) is 3.56. The van der Waals surface area contributed by atoms with Crippen molar-refractivity contribution in [1.82, 2.24) is 10.2 Å². The summed E-state index contributed by atoms with van der Waals surface area (Å²) in [5.74, 6) is 2.12. The number of nitrogens with two attached hydrogens (primary N) is 1. The summed E-state index contributed by atoms with van der Waals surface area (Å²) in [7, 11) is 0. The number of anilines is 1. The summed E-state index contributed by atoms with van der Waals surface area (Å²) in [5, 5.41) is 7.48. The second-order valence-corrected chi connectivity index (χ2v) is 5.44. The van der Waals surface area contributed by atoms with Crippen molar-refractivity contribution in [3.05, 3.63) is 22.7 Å². The van der Waals surface area contributed by atoms with Crippen LogP contribution in [0, 0.1) is 0 Å². The van der Waals surface area contributed by atoms with Crippen LogP contribution >= 0.6 is 11.6 Å². The van der Waals surface area contributed by atoms with Crippen LogP contribution in [0.4, 0.5) is 5.82 Å². The van der Waals surface area contributed by atoms with Gasteiger partial charge in [0.15, 0.2) is 11.5 Å². The van der Waals surface area contributed by atoms with Crippen molar-refractivity contribution < 1.29 is 9.47 Å². The van der Waals surface area contributed by atoms with Gasteiger partial charge in [-0.05, 0) is 5.92 Å². The minimum absolute atomic E-state index is 0.226. The molecule has 5 nitrogen and oxygen atoms in total. The Labute approximate surface area is 122 Å². The van der Waals surface area contributed by atoms with E-state index in [4.69, 9.17) is 26.8 Å². The van der Waals surface area contributed by atoms with Gasteiger partial charge in [0.2, 0.25) is 0 Å². The number of hydrogen-bond acceptors (Lipinski definition) is 4. The Hall–Kier alpha value is -1.88. The van der Waals surface area contributed by atoms with Crippen LogP contribution in [0.5, 0.6) is 11.5 Å². The molecule has 20 heavy (non-hydrogen) atoms. The van der Waals surface area contributed by atoms with Crippen LogP contribution in [0.15, 0.2) is 12.1 Å². The summed E-state index contributed by atoms with van der Waals surface area (Å²) in [6, 6.07) is 3.55. The first-order valence-electron chi connectivity index (χ1n) is 6.51. The summed E-state index contributed by atoms with van der Waals surface area (Å²) in [5.41, 5.74) is 8.35. The number of aromatic nitrogens is 2. The molecular weight excluding hydrogens is 278 g/mol. The molecule has 3 rings (SSSR count). The predicted molar refractivity (Wildman–Crippen MR) is 78.5 cm³/mol. The zero-order valence-electron chi connectivity index (χ0n) is 11.4. The fourth-order valence-electron chi connectivity index (χ4n) is 2.47. The van der Waals surface area contributed by atoms with Gasteiger partial charge < -0.3 is 15.2 Å². The van der Waals surface area contributed by atoms with Crippen molar-refractivity contribution in [3.8, 4) is 22.8 Å². The topological polar surface area (TPSA) is 73.2 Å². The molecule has 6 heteroatoms. The van der Waals surface area contributed by atoms with E-state index < -0.39 is 0 Å². The standard InChI is InChI=1S/C14H16ClN3O2/c1-7(2)12-13(9-6-11(16)18-17-9)8(15)5-10-14(12)20-4-3-19-10/h5-7H,3-4H2,1-2H3,(H3,16,17,18). The van der Waals surface area contributed by atoms with Gasteiger partial charge in [-0.1, -0.05) is 25.4 Å². The van der Waals surface area contributed by atoms with Crippen molar-refractivity contribution in [2.24, 2.45) is 0 Å². The Morgan fingerprint density at radius 3 is 2.70 bits per heavy atom. The first kappa shape index (κ1) is 13.1. The van der Waals surface area contributed by atoms with Crippen LogP contribution in [0.25, 0.3) is 11.3 Å². The molecule has 0 fully saturated rings. The molecule has 2 aromatic rings. The molecule has 0 amide bonds. The van der Waals surface area contributed by atoms with Crippen molar-refractivity contribution in [2.75, 3.05) is 18.9 Å². The molecule has 0 aliphatic carbocycles. The van der Waals surface area contributed by atoms with E-state index in [1.165, 1.54) is 0 Å². The van der Waals surface area contributed by atoms with E-state index in [2.05, 4.69) is 24.0 Å². The quantitative estimate of drug-likeness (QED) is 0.892. The van der Waals surface area contributed by atoms with Gasteiger partial charge in [0.25, 0.3) is 0 Å². The maximum absolute atomic E-state index is 6.43. The highest BCUT2D eigenvalue weighted by Gasteiger charge is 2.25. The van der Waals surface area contributed by atoms with Gasteiger partial charge in [-0.25, -0.2) is 0 Å². The number of aromatic amines is 1. The van der Waals surface area contributed by atoms with E-state index in [0.717, 1.165) is 22.6 Å². The summed E-state index contributed by atoms with van der Waals surface area (Å²) < 4.78 is 11.4. The van der Waals surface area contributed by atoms with Gasteiger partial charge in [0, 0.05) is 23.3 Å². The number of ether oxygens (including phenoxy) is 2. The SMILES string of the molecule is CC(C)c1c2c(cc(Cl)c1-c1cc(N)n[nH]1)OCCO2. The molecule has 1 aromatic carbocycles. The summed E-state index contributed by atoms with van der Waals surface area (Å²) >= 11 is 6.43. The number of nitrogens with one attached hydrogen (secondary N) is 1. The maximum Gasteiger partial charge on any atom is 0.165 e. The second-order valence-electron chi connectivity index (χ2n) is 5.03. The van der Waals surface area contributed by atoms with Gasteiger partial charge in [-0.15, -0.1) is 0 Å². The Bertz CT molecular complexity index is 652. The van der Waals surface area contributed by atoms with Crippen LogP contribution in [0.3, 0.4) is 0 Å². The molecule has 2 heterocycles. The summed E-state index contributed by atoms with van der Waals surface area (Å²) in [6.07, 6.45) is 0. The molecule has 0 saturated heterocycles. The largest absolute Gasteiger partial charge is 0.486 e. The molecule has 0 radical (unpaired) electrons. The Morgan fingerprint density at radius 1 is 1.30 bits per heavy atom. The molecule has 1 aliphatic heterocycles. The van der Waals surface area contributed by atoms with Crippen molar-refractivity contribution >= 4 is 17.4 Å². The summed E-state index contributed by atoms with van der Waals surface area (Å²) in [6.45, 7) is 5.26. The second kappa shape index (κ2) is 4.90. The molecule has 1 aliphatic rings. The first-order chi connectivity index (χ1) is 9.58. The third-order valence-electron chi connectivity index (χ3n) is 3.27. The van der Waals surface area contributed by atoms with Crippen molar-refractivity contribution in [3.63, 3.8) is 0 Å². The minimum atomic E-state index is 0.226. The number of hydrogen-bond donors (Lipinski definition) is 2. The van der Waals surface area contributed by atoms with E-state index in [-0.39, 0.29) is 5.92 Å². The van der Waals surface area contributed by atoms with E-state index >= 15 is 0 Å². The molecule has 0 saturated carbocycles. The number of nitrogen functional groups attached to an aromatic ring is 1. The van der Waals surface area contributed by atoms with E-state index in [0.29, 0.717) is 29.8 Å². The number of H-pyrrole nitrogens is 1. The third kappa shape index (κ3) is 2.08. The average Bonchev–Trinajstić information content (AvgIpc) is 2.83. The molecule has 0 atom stereocenters. The first-order valence-corrected chi connectivity index (χ1v) is 6.89. The number of rotatable bonds is 2. The van der Waals surface area contributed by atoms with Gasteiger partial charge in [-0.2, -0.15) is 5.10 Å². The zero-order chi connectivity index (χ0) is 14.3. The lowest BCUT2D eigenvalue weighted by molar-refractivity contribution is 0.169. The van der Waals surface area contributed by atoms with Crippen LogP contribution in [0.2, 0.25) is 5.02 Å². The summed E-state index contributed by atoms with van der Waals surface area (Å²) in [4.78, 5) is 0. The van der Waals surface area contributed by atoms with Gasteiger partial charge in [-0.3, -0.25) is 5.10 Å². The van der Waals surface area contributed by atoms with Crippen LogP contribution in [0.1, 0.15) is 25.3 Å². The lowest BCUT2D eigenvalue weighted by Gasteiger charge is -2.25.